The zero-order chi connectivity index (χ0) is 33.5. The summed E-state index contributed by atoms with van der Waals surface area (Å²) in [4.78, 5) is 25.9. The summed E-state index contributed by atoms with van der Waals surface area (Å²) >= 11 is 0. The van der Waals surface area contributed by atoms with Crippen molar-refractivity contribution in [1.29, 1.82) is 0 Å². The number of halogens is 1. The summed E-state index contributed by atoms with van der Waals surface area (Å²) in [6.45, 7) is 5.85. The fourth-order valence-electron chi connectivity index (χ4n) is 5.32. The molecule has 0 radical (unpaired) electrons. The average Bonchev–Trinajstić information content (AvgIpc) is 3.70. The SMILES string of the molecule is C#C[C@@]1(F)[C@H](O)[C@@H](CO[P@](=O)(N[C@H](C)C(=O)OC(C)C)Oc2cccc3ccccc23)O[C@H]1n1cnc2c(NC3CC3)nc(C)nc21. The van der Waals surface area contributed by atoms with Crippen molar-refractivity contribution in [2.45, 2.75) is 82.8 Å². The van der Waals surface area contributed by atoms with Gasteiger partial charge in [-0.3, -0.25) is 13.9 Å². The Morgan fingerprint density at radius 1 is 1.23 bits per heavy atom. The monoisotopic (exact) mass is 666 g/mol. The number of hydrogen-bond donors (Lipinski definition) is 3. The molecule has 4 aromatic rings. The maximum Gasteiger partial charge on any atom is 0.459 e. The van der Waals surface area contributed by atoms with Crippen LogP contribution in [0.5, 0.6) is 5.75 Å². The highest BCUT2D eigenvalue weighted by molar-refractivity contribution is 7.52. The van der Waals surface area contributed by atoms with Gasteiger partial charge >= 0.3 is 13.7 Å². The molecule has 2 aliphatic rings. The number of terminal acetylenes is 1. The van der Waals surface area contributed by atoms with Gasteiger partial charge < -0.3 is 24.4 Å². The van der Waals surface area contributed by atoms with Gasteiger partial charge in [-0.25, -0.2) is 23.9 Å². The first-order valence-corrected chi connectivity index (χ1v) is 16.8. The summed E-state index contributed by atoms with van der Waals surface area (Å²) in [5.74, 6) is 2.45. The van der Waals surface area contributed by atoms with E-state index < -0.39 is 56.6 Å². The van der Waals surface area contributed by atoms with E-state index in [2.05, 4.69) is 25.4 Å². The molecule has 2 aromatic carbocycles. The number of aliphatic hydroxyl groups is 1. The van der Waals surface area contributed by atoms with E-state index in [-0.39, 0.29) is 17.4 Å². The normalized spacial score (nSPS) is 24.6. The first-order chi connectivity index (χ1) is 22.4. The minimum atomic E-state index is -4.43. The molecule has 1 aliphatic carbocycles. The van der Waals surface area contributed by atoms with Crippen LogP contribution < -0.4 is 14.9 Å². The van der Waals surface area contributed by atoms with E-state index in [1.807, 2.05) is 24.1 Å². The number of aromatic nitrogens is 4. The number of carbonyl (C=O) groups is 1. The number of fused-ring (bicyclic) bond motifs is 2. The van der Waals surface area contributed by atoms with Crippen molar-refractivity contribution in [1.82, 2.24) is 24.6 Å². The average molecular weight is 667 g/mol. The molecule has 13 nitrogen and oxygen atoms in total. The Kier molecular flexibility index (Phi) is 8.95. The van der Waals surface area contributed by atoms with E-state index >= 15 is 4.39 Å². The standard InChI is InChI=1S/C32H36FN6O7P/c1-6-32(33)27(40)25(45-31(32)39-17-34-26-28(37-22-14-15-22)35-20(5)36-29(26)39)16-43-47(42,38-19(4)30(41)44-18(2)3)46-24-13-9-11-21-10-7-8-12-23(21)24/h1,7-13,17-19,22,25,27,31,40H,14-16H2,2-5H3,(H,38,42)(H,35,36,37)/t19-,25-,27-,31-,32-,47-/m1/s1. The van der Waals surface area contributed by atoms with Crippen molar-refractivity contribution in [2.24, 2.45) is 0 Å². The largest absolute Gasteiger partial charge is 0.462 e. The lowest BCUT2D eigenvalue weighted by molar-refractivity contribution is -0.149. The van der Waals surface area contributed by atoms with Gasteiger partial charge in [0.25, 0.3) is 0 Å². The fourth-order valence-corrected chi connectivity index (χ4v) is 6.84. The lowest BCUT2D eigenvalue weighted by Crippen LogP contribution is -2.42. The van der Waals surface area contributed by atoms with Crippen molar-refractivity contribution >= 4 is 41.5 Å². The van der Waals surface area contributed by atoms with Gasteiger partial charge in [-0.05, 0) is 52.0 Å². The molecule has 1 aliphatic heterocycles. The van der Waals surface area contributed by atoms with Gasteiger partial charge in [0.1, 0.15) is 29.8 Å². The summed E-state index contributed by atoms with van der Waals surface area (Å²) in [5, 5.41) is 18.5. The zero-order valence-electron chi connectivity index (χ0n) is 26.3. The Labute approximate surface area is 270 Å². The second-order valence-corrected chi connectivity index (χ2v) is 13.6. The first kappa shape index (κ1) is 32.8. The third-order valence-electron chi connectivity index (χ3n) is 7.81. The molecule has 0 spiro atoms. The molecule has 0 unspecified atom stereocenters. The number of hydrogen-bond acceptors (Lipinski definition) is 11. The first-order valence-electron chi connectivity index (χ1n) is 15.3. The van der Waals surface area contributed by atoms with Crippen molar-refractivity contribution < 1.29 is 37.4 Å². The molecule has 47 heavy (non-hydrogen) atoms. The molecule has 6 rings (SSSR count). The van der Waals surface area contributed by atoms with Gasteiger partial charge in [0.15, 0.2) is 23.2 Å². The van der Waals surface area contributed by atoms with Crippen LogP contribution in [0.2, 0.25) is 0 Å². The van der Waals surface area contributed by atoms with E-state index in [0.717, 1.165) is 18.2 Å². The summed E-state index contributed by atoms with van der Waals surface area (Å²) in [6, 6.07) is 11.6. The fraction of sp³-hybridized carbons (Fsp3) is 0.438. The Balaban J connectivity index is 1.28. The second kappa shape index (κ2) is 12.8. The number of anilines is 1. The lowest BCUT2D eigenvalue weighted by Gasteiger charge is -2.25. The predicted molar refractivity (Wildman–Crippen MR) is 171 cm³/mol. The van der Waals surface area contributed by atoms with Crippen molar-refractivity contribution in [3.8, 4) is 18.1 Å². The number of ether oxygens (including phenoxy) is 2. The van der Waals surface area contributed by atoms with E-state index in [4.69, 9.17) is 24.9 Å². The summed E-state index contributed by atoms with van der Waals surface area (Å²) < 4.78 is 55.0. The smallest absolute Gasteiger partial charge is 0.459 e. The van der Waals surface area contributed by atoms with Crippen LogP contribution in [0.1, 0.15) is 45.7 Å². The highest BCUT2D eigenvalue weighted by Crippen LogP contribution is 2.49. The third kappa shape index (κ3) is 6.68. The maximum absolute atomic E-state index is 16.5. The molecule has 0 bridgehead atoms. The Morgan fingerprint density at radius 3 is 2.70 bits per heavy atom. The molecule has 248 valence electrons. The topological polar surface area (TPSA) is 159 Å². The molecular weight excluding hydrogens is 630 g/mol. The minimum Gasteiger partial charge on any atom is -0.462 e. The summed E-state index contributed by atoms with van der Waals surface area (Å²) in [6.07, 6.45) is 3.61. The molecule has 15 heteroatoms. The molecular formula is C32H36FN6O7P. The van der Waals surface area contributed by atoms with Crippen LogP contribution in [0.3, 0.4) is 0 Å². The van der Waals surface area contributed by atoms with E-state index in [9.17, 15) is 14.5 Å². The van der Waals surface area contributed by atoms with Gasteiger partial charge in [0.2, 0.25) is 5.67 Å². The molecule has 6 atom stereocenters. The van der Waals surface area contributed by atoms with Crippen LogP contribution in [0, 0.1) is 19.3 Å². The molecule has 2 aromatic heterocycles. The number of rotatable bonds is 12. The number of nitrogens with one attached hydrogen (secondary N) is 2. The van der Waals surface area contributed by atoms with Crippen LogP contribution in [-0.4, -0.2) is 73.3 Å². The highest BCUT2D eigenvalue weighted by atomic mass is 31.2. The Hall–Kier alpha value is -4.12. The number of alkyl halides is 1. The van der Waals surface area contributed by atoms with Crippen LogP contribution >= 0.6 is 7.75 Å². The second-order valence-electron chi connectivity index (χ2n) is 11.9. The highest BCUT2D eigenvalue weighted by Gasteiger charge is 2.58. The molecule has 1 saturated heterocycles. The van der Waals surface area contributed by atoms with Crippen LogP contribution in [-0.2, 0) is 23.4 Å². The van der Waals surface area contributed by atoms with Gasteiger partial charge in [-0.1, -0.05) is 42.3 Å². The molecule has 3 heterocycles. The number of esters is 1. The minimum absolute atomic E-state index is 0.202. The van der Waals surface area contributed by atoms with Gasteiger partial charge in [0, 0.05) is 11.4 Å². The summed E-state index contributed by atoms with van der Waals surface area (Å²) in [7, 11) is -4.43. The van der Waals surface area contributed by atoms with Crippen LogP contribution in [0.25, 0.3) is 21.9 Å². The lowest BCUT2D eigenvalue weighted by atomic mass is 9.97. The van der Waals surface area contributed by atoms with Crippen LogP contribution in [0.15, 0.2) is 48.8 Å². The molecule has 2 fully saturated rings. The van der Waals surface area contributed by atoms with E-state index in [1.165, 1.54) is 17.8 Å². The van der Waals surface area contributed by atoms with Crippen LogP contribution in [0.4, 0.5) is 10.2 Å². The Morgan fingerprint density at radius 2 is 1.98 bits per heavy atom. The Bertz CT molecular complexity index is 1890. The predicted octanol–water partition coefficient (Wildman–Crippen LogP) is 4.60. The number of nitrogens with zero attached hydrogens (tertiary/aromatic N) is 4. The number of benzene rings is 2. The third-order valence-corrected chi connectivity index (χ3v) is 9.43. The number of imidazole rings is 1. The number of aryl methyl sites for hydroxylation is 1. The van der Waals surface area contributed by atoms with Crippen molar-refractivity contribution in [3.05, 3.63) is 54.6 Å². The summed E-state index contributed by atoms with van der Waals surface area (Å²) in [5.41, 5.74) is -2.12. The molecule has 3 N–H and O–H groups in total. The van der Waals surface area contributed by atoms with Crippen molar-refractivity contribution in [2.75, 3.05) is 11.9 Å². The van der Waals surface area contributed by atoms with E-state index in [1.54, 1.807) is 45.0 Å². The quantitative estimate of drug-likeness (QED) is 0.110. The van der Waals surface area contributed by atoms with Crippen molar-refractivity contribution in [3.63, 3.8) is 0 Å². The number of carbonyl (C=O) groups excluding carboxylic acids is 1. The van der Waals surface area contributed by atoms with E-state index in [0.29, 0.717) is 22.5 Å². The number of aliphatic hydroxyl groups excluding tert-OH is 1. The van der Waals surface area contributed by atoms with Gasteiger partial charge in [-0.15, -0.1) is 6.42 Å². The molecule has 0 amide bonds. The van der Waals surface area contributed by atoms with Gasteiger partial charge in [-0.2, -0.15) is 5.09 Å². The zero-order valence-corrected chi connectivity index (χ0v) is 27.2. The molecule has 1 saturated carbocycles. The maximum atomic E-state index is 16.5. The van der Waals surface area contributed by atoms with Gasteiger partial charge in [0.05, 0.1) is 19.0 Å².